The van der Waals surface area contributed by atoms with Gasteiger partial charge in [0, 0.05) is 43.2 Å². The monoisotopic (exact) mass is 343 g/mol. The molecular weight excluding hydrogens is 318 g/mol. The maximum atomic E-state index is 12.6. The molecule has 0 spiro atoms. The lowest BCUT2D eigenvalue weighted by molar-refractivity contribution is -0.129. The van der Waals surface area contributed by atoms with Gasteiger partial charge < -0.3 is 15.5 Å². The van der Waals surface area contributed by atoms with Crippen molar-refractivity contribution in [1.29, 1.82) is 0 Å². The van der Waals surface area contributed by atoms with Crippen molar-refractivity contribution < 1.29 is 14.4 Å². The smallest absolute Gasteiger partial charge is 0.253 e. The van der Waals surface area contributed by atoms with Crippen molar-refractivity contribution >= 4 is 23.4 Å². The molecule has 1 atom stereocenters. The Hall–Kier alpha value is -2.37. The van der Waals surface area contributed by atoms with Gasteiger partial charge in [-0.3, -0.25) is 14.4 Å². The predicted molar refractivity (Wildman–Crippen MR) is 95.2 cm³/mol. The number of anilines is 1. The summed E-state index contributed by atoms with van der Waals surface area (Å²) in [5.74, 6) is -0.442. The molecular formula is C19H25N3O3. The molecule has 6 nitrogen and oxygen atoms in total. The summed E-state index contributed by atoms with van der Waals surface area (Å²) in [6, 6.07) is 7.03. The van der Waals surface area contributed by atoms with Crippen molar-refractivity contribution in [3.63, 3.8) is 0 Å². The lowest BCUT2D eigenvalue weighted by Crippen LogP contribution is -2.38. The van der Waals surface area contributed by atoms with E-state index in [9.17, 15) is 14.4 Å². The molecule has 3 rings (SSSR count). The van der Waals surface area contributed by atoms with E-state index >= 15 is 0 Å². The van der Waals surface area contributed by atoms with Crippen LogP contribution in [0.1, 0.15) is 48.9 Å². The third kappa shape index (κ3) is 4.59. The van der Waals surface area contributed by atoms with E-state index in [-0.39, 0.29) is 30.1 Å². The molecule has 2 aliphatic heterocycles. The molecule has 2 N–H and O–H groups in total. The quantitative estimate of drug-likeness (QED) is 0.883. The number of hydrogen-bond donors (Lipinski definition) is 2. The zero-order valence-electron chi connectivity index (χ0n) is 14.4. The zero-order valence-corrected chi connectivity index (χ0v) is 14.4. The molecule has 25 heavy (non-hydrogen) atoms. The largest absolute Gasteiger partial charge is 0.356 e. The molecule has 0 saturated carbocycles. The molecule has 134 valence electrons. The fraction of sp³-hybridized carbons (Fsp3) is 0.526. The number of hydrogen-bond acceptors (Lipinski definition) is 3. The SMILES string of the molecule is O=C1CC(C(=O)Nc2ccc(C(=O)N3CCCCCC3)cc2)CCN1. The first-order chi connectivity index (χ1) is 12.1. The van der Waals surface area contributed by atoms with Crippen LogP contribution in [0.2, 0.25) is 0 Å². The first-order valence-electron chi connectivity index (χ1n) is 9.10. The Bertz CT molecular complexity index is 634. The number of rotatable bonds is 3. The molecule has 2 fully saturated rings. The molecule has 0 aliphatic carbocycles. The van der Waals surface area contributed by atoms with Crippen molar-refractivity contribution in [3.05, 3.63) is 29.8 Å². The van der Waals surface area contributed by atoms with Crippen molar-refractivity contribution in [2.75, 3.05) is 25.0 Å². The van der Waals surface area contributed by atoms with Crippen LogP contribution in [0.5, 0.6) is 0 Å². The first-order valence-corrected chi connectivity index (χ1v) is 9.10. The Labute approximate surface area is 148 Å². The summed E-state index contributed by atoms with van der Waals surface area (Å²) in [5.41, 5.74) is 1.31. The third-order valence-electron chi connectivity index (χ3n) is 4.91. The summed E-state index contributed by atoms with van der Waals surface area (Å²) in [4.78, 5) is 38.1. The number of nitrogens with zero attached hydrogens (tertiary/aromatic N) is 1. The molecule has 3 amide bonds. The van der Waals surface area contributed by atoms with Crippen LogP contribution >= 0.6 is 0 Å². The minimum atomic E-state index is -0.285. The second-order valence-corrected chi connectivity index (χ2v) is 6.81. The molecule has 2 heterocycles. The molecule has 1 aromatic rings. The summed E-state index contributed by atoms with van der Waals surface area (Å²) in [6.45, 7) is 2.18. The fourth-order valence-corrected chi connectivity index (χ4v) is 3.40. The molecule has 2 saturated heterocycles. The van der Waals surface area contributed by atoms with Crippen molar-refractivity contribution in [1.82, 2.24) is 10.2 Å². The number of carbonyl (C=O) groups excluding carboxylic acids is 3. The molecule has 0 bridgehead atoms. The summed E-state index contributed by atoms with van der Waals surface area (Å²) in [6.07, 6.45) is 5.39. The van der Waals surface area contributed by atoms with Gasteiger partial charge in [0.2, 0.25) is 11.8 Å². The Morgan fingerprint density at radius 3 is 2.36 bits per heavy atom. The van der Waals surface area contributed by atoms with E-state index in [1.807, 2.05) is 4.90 Å². The first kappa shape index (κ1) is 17.5. The highest BCUT2D eigenvalue weighted by Gasteiger charge is 2.25. The van der Waals surface area contributed by atoms with Gasteiger partial charge in [-0.05, 0) is 43.5 Å². The van der Waals surface area contributed by atoms with Crippen LogP contribution in [-0.2, 0) is 9.59 Å². The molecule has 6 heteroatoms. The topological polar surface area (TPSA) is 78.5 Å². The van der Waals surface area contributed by atoms with E-state index in [0.717, 1.165) is 25.9 Å². The number of nitrogens with one attached hydrogen (secondary N) is 2. The maximum absolute atomic E-state index is 12.6. The van der Waals surface area contributed by atoms with Crippen LogP contribution < -0.4 is 10.6 Å². The van der Waals surface area contributed by atoms with Crippen LogP contribution in [0.3, 0.4) is 0 Å². The van der Waals surface area contributed by atoms with Crippen LogP contribution in [0.25, 0.3) is 0 Å². The summed E-state index contributed by atoms with van der Waals surface area (Å²) >= 11 is 0. The average molecular weight is 343 g/mol. The van der Waals surface area contributed by atoms with E-state index < -0.39 is 0 Å². The van der Waals surface area contributed by atoms with Gasteiger partial charge in [-0.1, -0.05) is 12.8 Å². The van der Waals surface area contributed by atoms with Gasteiger partial charge in [-0.25, -0.2) is 0 Å². The fourth-order valence-electron chi connectivity index (χ4n) is 3.40. The van der Waals surface area contributed by atoms with Gasteiger partial charge in [0.15, 0.2) is 0 Å². The van der Waals surface area contributed by atoms with E-state index in [0.29, 0.717) is 24.2 Å². The zero-order chi connectivity index (χ0) is 17.6. The minimum Gasteiger partial charge on any atom is -0.356 e. The lowest BCUT2D eigenvalue weighted by Gasteiger charge is -2.22. The van der Waals surface area contributed by atoms with Crippen molar-refractivity contribution in [3.8, 4) is 0 Å². The Kier molecular flexibility index (Phi) is 5.68. The predicted octanol–water partition coefficient (Wildman–Crippen LogP) is 2.17. The van der Waals surface area contributed by atoms with Gasteiger partial charge in [-0.2, -0.15) is 0 Å². The number of carbonyl (C=O) groups is 3. The highest BCUT2D eigenvalue weighted by molar-refractivity contribution is 5.97. The van der Waals surface area contributed by atoms with E-state index in [4.69, 9.17) is 0 Å². The number of amides is 3. The summed E-state index contributed by atoms with van der Waals surface area (Å²) in [7, 11) is 0. The van der Waals surface area contributed by atoms with Crippen LogP contribution in [0, 0.1) is 5.92 Å². The van der Waals surface area contributed by atoms with E-state index in [2.05, 4.69) is 10.6 Å². The minimum absolute atomic E-state index is 0.0590. The second-order valence-electron chi connectivity index (χ2n) is 6.81. The van der Waals surface area contributed by atoms with Gasteiger partial charge in [0.1, 0.15) is 0 Å². The molecule has 1 aromatic carbocycles. The highest BCUT2D eigenvalue weighted by Crippen LogP contribution is 2.18. The Morgan fingerprint density at radius 1 is 1.04 bits per heavy atom. The van der Waals surface area contributed by atoms with Gasteiger partial charge >= 0.3 is 0 Å². The standard InChI is InChI=1S/C19H25N3O3/c23-17-13-15(9-10-20-17)18(24)21-16-7-5-14(6-8-16)19(25)22-11-3-1-2-4-12-22/h5-8,15H,1-4,9-13H2,(H,20,23)(H,21,24). The van der Waals surface area contributed by atoms with Gasteiger partial charge in [-0.15, -0.1) is 0 Å². The number of benzene rings is 1. The third-order valence-corrected chi connectivity index (χ3v) is 4.91. The molecule has 0 radical (unpaired) electrons. The summed E-state index contributed by atoms with van der Waals surface area (Å²) < 4.78 is 0. The molecule has 1 unspecified atom stereocenters. The van der Waals surface area contributed by atoms with Crippen molar-refractivity contribution in [2.45, 2.75) is 38.5 Å². The van der Waals surface area contributed by atoms with Crippen molar-refractivity contribution in [2.24, 2.45) is 5.92 Å². The molecule has 0 aromatic heterocycles. The number of piperidine rings is 1. The average Bonchev–Trinajstić information content (AvgIpc) is 2.91. The van der Waals surface area contributed by atoms with E-state index in [1.165, 1.54) is 12.8 Å². The van der Waals surface area contributed by atoms with Gasteiger partial charge in [0.05, 0.1) is 0 Å². The maximum Gasteiger partial charge on any atom is 0.253 e. The van der Waals surface area contributed by atoms with Crippen LogP contribution in [0.15, 0.2) is 24.3 Å². The van der Waals surface area contributed by atoms with Crippen LogP contribution in [0.4, 0.5) is 5.69 Å². The Balaban J connectivity index is 1.58. The summed E-state index contributed by atoms with van der Waals surface area (Å²) in [5, 5.41) is 5.57. The highest BCUT2D eigenvalue weighted by atomic mass is 16.2. The molecule has 2 aliphatic rings. The van der Waals surface area contributed by atoms with Crippen LogP contribution in [-0.4, -0.2) is 42.3 Å². The second kappa shape index (κ2) is 8.14. The number of likely N-dealkylation sites (tertiary alicyclic amines) is 1. The Morgan fingerprint density at radius 2 is 1.72 bits per heavy atom. The normalized spacial score (nSPS) is 21.2. The van der Waals surface area contributed by atoms with Gasteiger partial charge in [0.25, 0.3) is 5.91 Å². The lowest BCUT2D eigenvalue weighted by atomic mass is 9.96. The van der Waals surface area contributed by atoms with E-state index in [1.54, 1.807) is 24.3 Å².